The van der Waals surface area contributed by atoms with Gasteiger partial charge in [-0.25, -0.2) is 9.97 Å². The third-order valence-corrected chi connectivity index (χ3v) is 7.09. The van der Waals surface area contributed by atoms with E-state index < -0.39 is 17.4 Å². The van der Waals surface area contributed by atoms with Gasteiger partial charge in [-0.05, 0) is 66.4 Å². The van der Waals surface area contributed by atoms with Crippen LogP contribution in [0.2, 0.25) is 0 Å². The average Bonchev–Trinajstić information content (AvgIpc) is 3.02. The molecule has 5 aromatic rings. The van der Waals surface area contributed by atoms with Gasteiger partial charge in [0.2, 0.25) is 23.6 Å². The molecule has 208 valence electrons. The molecule has 6 rings (SSSR count). The number of fused-ring (bicyclic) bond motifs is 1. The Morgan fingerprint density at radius 2 is 1.31 bits per heavy atom. The van der Waals surface area contributed by atoms with Gasteiger partial charge in [0, 0.05) is 30.1 Å². The monoisotopic (exact) mass is 558 g/mol. The van der Waals surface area contributed by atoms with E-state index in [4.69, 9.17) is 25.7 Å². The Kier molecular flexibility index (Phi) is 6.98. The van der Waals surface area contributed by atoms with E-state index in [2.05, 4.69) is 22.1 Å². The van der Waals surface area contributed by atoms with E-state index in [1.165, 1.54) is 12.4 Å². The fraction of sp³-hybridized carbons (Fsp3) is 0.0909. The van der Waals surface area contributed by atoms with Crippen molar-refractivity contribution in [1.29, 1.82) is 0 Å². The van der Waals surface area contributed by atoms with Gasteiger partial charge in [0.1, 0.15) is 17.2 Å². The van der Waals surface area contributed by atoms with Crippen LogP contribution in [0.3, 0.4) is 0 Å². The van der Waals surface area contributed by atoms with Crippen molar-refractivity contribution in [3.63, 3.8) is 0 Å². The molecule has 3 aromatic carbocycles. The summed E-state index contributed by atoms with van der Waals surface area (Å²) in [7, 11) is 0. The standard InChI is InChI=1S/C33H26N4O5/c34-31(38)22-9-13-29(36-19-22)40-26-8-4-7-25(18-26)33(24-5-2-1-3-6-24)16-15-21-17-27(11-12-28(21)42-33)41-30-14-10-23(20-37-30)32(35)39/h1-14,17-20H,15-16H2,(H2,34,38)(H2,35,39). The smallest absolute Gasteiger partial charge is 0.250 e. The maximum Gasteiger partial charge on any atom is 0.250 e. The van der Waals surface area contributed by atoms with E-state index in [-0.39, 0.29) is 0 Å². The van der Waals surface area contributed by atoms with Gasteiger partial charge in [-0.3, -0.25) is 9.59 Å². The Bertz CT molecular complexity index is 1760. The first-order valence-corrected chi connectivity index (χ1v) is 13.2. The molecular formula is C33H26N4O5. The van der Waals surface area contributed by atoms with Gasteiger partial charge in [-0.1, -0.05) is 42.5 Å². The van der Waals surface area contributed by atoms with Crippen LogP contribution in [0.1, 0.15) is 43.8 Å². The number of ether oxygens (including phenoxy) is 3. The molecule has 1 aliphatic rings. The molecular weight excluding hydrogens is 532 g/mol. The number of pyridine rings is 2. The molecule has 0 saturated carbocycles. The van der Waals surface area contributed by atoms with E-state index >= 15 is 0 Å². The number of aromatic nitrogens is 2. The van der Waals surface area contributed by atoms with Crippen LogP contribution in [0.15, 0.2) is 109 Å². The van der Waals surface area contributed by atoms with Gasteiger partial charge in [0.15, 0.2) is 5.60 Å². The first-order chi connectivity index (χ1) is 20.4. The quantitative estimate of drug-likeness (QED) is 0.255. The summed E-state index contributed by atoms with van der Waals surface area (Å²) in [6.45, 7) is 0. The molecule has 3 heterocycles. The number of primary amides is 2. The molecule has 0 spiro atoms. The summed E-state index contributed by atoms with van der Waals surface area (Å²) in [5.41, 5.74) is 13.4. The van der Waals surface area contributed by atoms with Crippen molar-refractivity contribution in [3.8, 4) is 29.0 Å². The number of carbonyl (C=O) groups is 2. The van der Waals surface area contributed by atoms with Crippen molar-refractivity contribution in [2.45, 2.75) is 18.4 Å². The lowest BCUT2D eigenvalue weighted by Crippen LogP contribution is -2.38. The molecule has 1 atom stereocenters. The summed E-state index contributed by atoms with van der Waals surface area (Å²) >= 11 is 0. The predicted octanol–water partition coefficient (Wildman–Crippen LogP) is 5.53. The number of carbonyl (C=O) groups excluding carboxylic acids is 2. The summed E-state index contributed by atoms with van der Waals surface area (Å²) in [6, 6.07) is 29.8. The molecule has 0 saturated heterocycles. The first-order valence-electron chi connectivity index (χ1n) is 13.2. The normalized spacial score (nSPS) is 15.6. The van der Waals surface area contributed by atoms with E-state index in [1.54, 1.807) is 24.3 Å². The lowest BCUT2D eigenvalue weighted by molar-refractivity contribution is 0.0846. The molecule has 4 N–H and O–H groups in total. The summed E-state index contributed by atoms with van der Waals surface area (Å²) < 4.78 is 18.8. The molecule has 9 nitrogen and oxygen atoms in total. The minimum Gasteiger partial charge on any atom is -0.478 e. The van der Waals surface area contributed by atoms with Crippen molar-refractivity contribution in [2.75, 3.05) is 0 Å². The highest BCUT2D eigenvalue weighted by atomic mass is 16.5. The Labute approximate surface area is 241 Å². The zero-order valence-electron chi connectivity index (χ0n) is 22.4. The highest BCUT2D eigenvalue weighted by Crippen LogP contribution is 2.46. The van der Waals surface area contributed by atoms with Gasteiger partial charge < -0.3 is 25.7 Å². The van der Waals surface area contributed by atoms with E-state index in [1.807, 2.05) is 60.7 Å². The van der Waals surface area contributed by atoms with Crippen molar-refractivity contribution in [3.05, 3.63) is 137 Å². The second-order valence-electron chi connectivity index (χ2n) is 9.80. The summed E-state index contributed by atoms with van der Waals surface area (Å²) in [5.74, 6) is 1.52. The zero-order valence-corrected chi connectivity index (χ0v) is 22.4. The number of rotatable bonds is 8. The predicted molar refractivity (Wildman–Crippen MR) is 155 cm³/mol. The van der Waals surface area contributed by atoms with E-state index in [0.717, 1.165) is 28.9 Å². The minimum absolute atomic E-state index is 0.305. The Morgan fingerprint density at radius 3 is 1.90 bits per heavy atom. The van der Waals surface area contributed by atoms with Crippen LogP contribution in [0, 0.1) is 0 Å². The van der Waals surface area contributed by atoms with Crippen molar-refractivity contribution in [1.82, 2.24) is 9.97 Å². The number of nitrogens with two attached hydrogens (primary N) is 2. The number of amides is 2. The lowest BCUT2D eigenvalue weighted by atomic mass is 9.79. The maximum atomic E-state index is 11.4. The summed E-state index contributed by atoms with van der Waals surface area (Å²) in [6.07, 6.45) is 4.15. The second kappa shape index (κ2) is 11.1. The molecule has 0 fully saturated rings. The van der Waals surface area contributed by atoms with Crippen molar-refractivity contribution in [2.24, 2.45) is 11.5 Å². The molecule has 2 amide bonds. The van der Waals surface area contributed by atoms with E-state index in [9.17, 15) is 9.59 Å². The second-order valence-corrected chi connectivity index (χ2v) is 9.80. The zero-order chi connectivity index (χ0) is 29.1. The minimum atomic E-state index is -0.772. The van der Waals surface area contributed by atoms with Crippen LogP contribution in [-0.4, -0.2) is 21.8 Å². The Morgan fingerprint density at radius 1 is 0.690 bits per heavy atom. The molecule has 1 unspecified atom stereocenters. The Hall–Kier alpha value is -5.70. The highest BCUT2D eigenvalue weighted by molar-refractivity contribution is 5.92. The van der Waals surface area contributed by atoms with Crippen molar-refractivity contribution >= 4 is 11.8 Å². The van der Waals surface area contributed by atoms with Gasteiger partial charge in [0.25, 0.3) is 0 Å². The number of aryl methyl sites for hydroxylation is 1. The third kappa shape index (κ3) is 5.35. The molecule has 2 aromatic heterocycles. The number of benzene rings is 3. The average molecular weight is 559 g/mol. The highest BCUT2D eigenvalue weighted by Gasteiger charge is 2.40. The maximum absolute atomic E-state index is 11.4. The van der Waals surface area contributed by atoms with Crippen LogP contribution in [0.4, 0.5) is 0 Å². The van der Waals surface area contributed by atoms with Gasteiger partial charge >= 0.3 is 0 Å². The molecule has 0 bridgehead atoms. The molecule has 42 heavy (non-hydrogen) atoms. The lowest BCUT2D eigenvalue weighted by Gasteiger charge is -2.40. The fourth-order valence-electron chi connectivity index (χ4n) is 4.97. The topological polar surface area (TPSA) is 140 Å². The third-order valence-electron chi connectivity index (χ3n) is 7.09. The number of hydrogen-bond donors (Lipinski definition) is 2. The molecule has 0 aliphatic carbocycles. The van der Waals surface area contributed by atoms with Gasteiger partial charge in [0.05, 0.1) is 11.1 Å². The number of nitrogens with zero attached hydrogens (tertiary/aromatic N) is 2. The molecule has 9 heteroatoms. The summed E-state index contributed by atoms with van der Waals surface area (Å²) in [4.78, 5) is 31.1. The van der Waals surface area contributed by atoms with Crippen LogP contribution in [-0.2, 0) is 12.0 Å². The van der Waals surface area contributed by atoms with Crippen molar-refractivity contribution < 1.29 is 23.8 Å². The van der Waals surface area contributed by atoms with Crippen LogP contribution in [0.25, 0.3) is 0 Å². The molecule has 1 aliphatic heterocycles. The van der Waals surface area contributed by atoms with Crippen LogP contribution in [0.5, 0.6) is 29.0 Å². The summed E-state index contributed by atoms with van der Waals surface area (Å²) in [5, 5.41) is 0. The number of hydrogen-bond acceptors (Lipinski definition) is 7. The Balaban J connectivity index is 1.29. The van der Waals surface area contributed by atoms with Gasteiger partial charge in [-0.15, -0.1) is 0 Å². The SMILES string of the molecule is NC(=O)c1ccc(Oc2cccc(C3(c4ccccc4)CCc4cc(Oc5ccc(C(N)=O)cn5)ccc4O3)c2)nc1. The first kappa shape index (κ1) is 26.5. The van der Waals surface area contributed by atoms with Gasteiger partial charge in [-0.2, -0.15) is 0 Å². The van der Waals surface area contributed by atoms with Crippen LogP contribution >= 0.6 is 0 Å². The fourth-order valence-corrected chi connectivity index (χ4v) is 4.97. The molecule has 0 radical (unpaired) electrons. The van der Waals surface area contributed by atoms with Crippen LogP contribution < -0.4 is 25.7 Å². The van der Waals surface area contributed by atoms with E-state index in [0.29, 0.717) is 40.8 Å². The largest absolute Gasteiger partial charge is 0.478 e.